The summed E-state index contributed by atoms with van der Waals surface area (Å²) >= 11 is 12.2. The maximum atomic E-state index is 14.8. The van der Waals surface area contributed by atoms with Gasteiger partial charge in [-0.1, -0.05) is 96.8 Å². The summed E-state index contributed by atoms with van der Waals surface area (Å²) in [7, 11) is 0. The van der Waals surface area contributed by atoms with E-state index in [1.807, 2.05) is 0 Å². The number of carboxylic acid groups (broad SMARTS) is 4. The molecule has 56 heteroatoms. The van der Waals surface area contributed by atoms with Gasteiger partial charge in [-0.25, -0.2) is 4.79 Å². The van der Waals surface area contributed by atoms with E-state index in [1.165, 1.54) is 71.0 Å². The number of amides is 20. The topological polar surface area (TPSA) is 864 Å². The Hall–Kier alpha value is -13.6. The van der Waals surface area contributed by atoms with Gasteiger partial charge in [-0.2, -0.15) is 37.9 Å². The number of carbonyl (C=O) groups is 24. The minimum atomic E-state index is -2.06. The summed E-state index contributed by atoms with van der Waals surface area (Å²) in [5, 5.41) is 105. The Labute approximate surface area is 871 Å². The standard InChI is InChI=1S/C92H145N23O30S3/c1-12-44(5)71(115-91(143)72(45(6)13-2)114-73(125)46(7)95)90(142)108-59(36-52-25-27-53(117)28-26-52)82(134)102-55(24-18-20-34-94)80(132)106-61(38-69(123)124)85(137)113-70(43(3)4)89(141)107-58(35-51-21-15-14-16-22-51)83(135)109-62(39-116)86(138)103-57(30-32-67(119)120)81(133)110-64(41-147)88(140)111-63(40-146)87(139)104-56(29-31-66(96)118)79(131)100-48(9)75(127)97-49(10)76(128)105-60(37-68(121)122)84(136)101-54(23-17-19-33-93)78(130)99-47(8)74(126)98-50(11)77(129)112-65(42-148)92(144)145/h14-16,21-22,25-28,43-50,54-65,70-72,116-117,146-148H,12-13,17-20,23-24,29-42,93-95H2,1-11H3,(H2,96,118)(H,97,127)(H,98,126)(H,99,130)(H,100,131)(H,101,136)(H,102,134)(H,103,138)(H,104,139)(H,105,128)(H,106,132)(H,107,141)(H,108,142)(H,109,135)(H,110,133)(H,111,140)(H,112,129)(H,113,137)(H,114,125)(H,115,143)(H,119,120)(H,121,122)(H,123,124)(H,144,145)/t44-,45-,46-,47-,48-,49-,50-,54-,55-,56-,57-,58-,59-,60-,61-,62-,63-,64-,65-,70-,71-,72-/m0/s1. The van der Waals surface area contributed by atoms with Gasteiger partial charge in [0.05, 0.1) is 25.5 Å². The lowest BCUT2D eigenvalue weighted by Crippen LogP contribution is -2.62. The van der Waals surface area contributed by atoms with E-state index >= 15 is 0 Å². The van der Waals surface area contributed by atoms with Crippen LogP contribution in [0, 0.1) is 17.8 Å². The van der Waals surface area contributed by atoms with Crippen molar-refractivity contribution < 1.29 is 146 Å². The van der Waals surface area contributed by atoms with Gasteiger partial charge in [-0.3, -0.25) is 110 Å². The Bertz CT molecular complexity index is 4880. The zero-order valence-corrected chi connectivity index (χ0v) is 86.8. The van der Waals surface area contributed by atoms with Gasteiger partial charge >= 0.3 is 23.9 Å². The number of rotatable bonds is 70. The number of hydrogen-bond donors (Lipinski definition) is 32. The molecule has 22 atom stereocenters. The predicted octanol–water partition coefficient (Wildman–Crippen LogP) is -8.23. The fraction of sp³-hybridized carbons (Fsp3) is 0.609. The lowest BCUT2D eigenvalue weighted by atomic mass is 9.94. The number of unbranched alkanes of at least 4 members (excludes halogenated alkanes) is 2. The molecule has 148 heavy (non-hydrogen) atoms. The Kier molecular flexibility index (Phi) is 59.3. The molecule has 0 heterocycles. The van der Waals surface area contributed by atoms with Crippen LogP contribution >= 0.6 is 37.9 Å². The van der Waals surface area contributed by atoms with E-state index in [4.69, 9.17) is 22.9 Å². The van der Waals surface area contributed by atoms with E-state index in [9.17, 15) is 146 Å². The number of aliphatic carboxylic acids is 4. The number of benzene rings is 2. The number of carbonyl (C=O) groups excluding carboxylic acids is 20. The molecular formula is C92H145N23O30S3. The number of aliphatic hydroxyl groups excluding tert-OH is 1. The van der Waals surface area contributed by atoms with Crippen LogP contribution in [0.1, 0.15) is 177 Å². The van der Waals surface area contributed by atoms with Crippen LogP contribution in [0.4, 0.5) is 0 Å². The number of nitrogens with two attached hydrogens (primary N) is 4. The van der Waals surface area contributed by atoms with Crippen LogP contribution < -0.4 is 124 Å². The maximum absolute atomic E-state index is 14.8. The molecule has 0 aliphatic heterocycles. The molecule has 0 aromatic heterocycles. The van der Waals surface area contributed by atoms with Gasteiger partial charge in [0.15, 0.2) is 0 Å². The van der Waals surface area contributed by atoms with Gasteiger partial charge in [0.1, 0.15) is 121 Å². The van der Waals surface area contributed by atoms with Gasteiger partial charge in [-0.05, 0) is 140 Å². The normalized spacial score (nSPS) is 15.6. The third-order valence-electron chi connectivity index (χ3n) is 23.2. The van der Waals surface area contributed by atoms with Crippen LogP contribution in [0.15, 0.2) is 54.6 Å². The molecule has 0 saturated heterocycles. The number of phenolic OH excluding ortho intramolecular Hbond substituents is 1. The van der Waals surface area contributed by atoms with Crippen LogP contribution in [0.2, 0.25) is 0 Å². The van der Waals surface area contributed by atoms with Gasteiger partial charge in [0.25, 0.3) is 0 Å². The zero-order valence-electron chi connectivity index (χ0n) is 84.2. The minimum Gasteiger partial charge on any atom is -0.508 e. The third kappa shape index (κ3) is 47.1. The van der Waals surface area contributed by atoms with Crippen molar-refractivity contribution in [1.82, 2.24) is 101 Å². The van der Waals surface area contributed by atoms with Gasteiger partial charge in [0.2, 0.25) is 118 Å². The first-order valence-corrected chi connectivity index (χ1v) is 49.8. The highest BCUT2D eigenvalue weighted by Gasteiger charge is 2.42. The molecule has 0 spiro atoms. The smallest absolute Gasteiger partial charge is 0.327 e. The quantitative estimate of drug-likeness (QED) is 0.0216. The number of phenols is 1. The molecule has 0 aliphatic rings. The second-order valence-electron chi connectivity index (χ2n) is 35.7. The summed E-state index contributed by atoms with van der Waals surface area (Å²) in [6, 6.07) is -19.0. The van der Waals surface area contributed by atoms with E-state index in [0.717, 1.165) is 13.8 Å². The highest BCUT2D eigenvalue weighted by molar-refractivity contribution is 7.80. The maximum Gasteiger partial charge on any atom is 0.327 e. The SMILES string of the molecule is CC[C@H](C)[C@H](NC(=O)[C@H](C)N)C(=O)N[C@H](C(=O)N[C@@H](Cc1ccc(O)cc1)C(=O)N[C@@H](CCCCN)C(=O)N[C@@H](CC(=O)O)C(=O)N[C@H](C(=O)N[C@@H](Cc1ccccc1)C(=O)N[C@@H](CO)C(=O)N[C@@H](CCC(=O)O)C(=O)N[C@@H](CS)C(=O)N[C@@H](CS)C(=O)N[C@@H](CCC(N)=O)C(=O)N[C@@H](C)C(=O)N[C@@H](C)C(=O)N[C@@H](CC(=O)O)C(=O)N[C@@H](CCCCN)C(=O)N[C@@H](C)C(=O)N[C@@H](C)C(=O)N[C@@H](CS)C(=O)O)C(C)C)[C@@H](C)CC. The number of aromatic hydroxyl groups is 1. The van der Waals surface area contributed by atoms with Crippen molar-refractivity contribution in [3.8, 4) is 5.75 Å². The molecule has 2 aromatic carbocycles. The van der Waals surface area contributed by atoms with Crippen molar-refractivity contribution in [2.24, 2.45) is 40.7 Å². The first kappa shape index (κ1) is 130. The van der Waals surface area contributed by atoms with Crippen molar-refractivity contribution in [2.75, 3.05) is 37.0 Å². The van der Waals surface area contributed by atoms with Crippen molar-refractivity contribution in [3.05, 3.63) is 65.7 Å². The Morgan fingerprint density at radius 3 is 0.946 bits per heavy atom. The summed E-state index contributed by atoms with van der Waals surface area (Å²) in [5.41, 5.74) is 23.4. The minimum absolute atomic E-state index is 0.0942. The van der Waals surface area contributed by atoms with Crippen LogP contribution in [-0.4, -0.2) is 330 Å². The summed E-state index contributed by atoms with van der Waals surface area (Å²) in [6.07, 6.45) is -4.47. The molecule has 0 aliphatic carbocycles. The zero-order chi connectivity index (χ0) is 112. The highest BCUT2D eigenvalue weighted by atomic mass is 32.1. The number of thiol groups is 3. The molecule has 0 unspecified atom stereocenters. The molecule has 0 radical (unpaired) electrons. The third-order valence-corrected chi connectivity index (χ3v) is 24.3. The second-order valence-corrected chi connectivity index (χ2v) is 36.8. The molecule has 826 valence electrons. The Balaban J connectivity index is 2.44. The number of nitrogens with one attached hydrogen (secondary N) is 19. The number of carboxylic acids is 4. The molecule has 2 rings (SSSR count). The molecule has 2 aromatic rings. The van der Waals surface area contributed by atoms with Gasteiger partial charge in [-0.15, -0.1) is 0 Å². The lowest BCUT2D eigenvalue weighted by Gasteiger charge is -2.31. The molecule has 33 N–H and O–H groups in total. The number of aliphatic hydroxyl groups is 1. The van der Waals surface area contributed by atoms with E-state index in [0.29, 0.717) is 30.4 Å². The average Bonchev–Trinajstić information content (AvgIpc) is 0.827. The predicted molar refractivity (Wildman–Crippen MR) is 541 cm³/mol. The largest absolute Gasteiger partial charge is 0.508 e. The van der Waals surface area contributed by atoms with E-state index in [1.54, 1.807) is 45.9 Å². The van der Waals surface area contributed by atoms with Crippen LogP contribution in [-0.2, 0) is 128 Å². The van der Waals surface area contributed by atoms with Crippen molar-refractivity contribution in [3.63, 3.8) is 0 Å². The van der Waals surface area contributed by atoms with Gasteiger partial charge < -0.3 is 155 Å². The summed E-state index contributed by atoms with van der Waals surface area (Å²) in [4.78, 5) is 325. The van der Waals surface area contributed by atoms with Crippen molar-refractivity contribution in [1.29, 1.82) is 0 Å². The number of primary amides is 1. The first-order valence-electron chi connectivity index (χ1n) is 47.9. The molecule has 20 amide bonds. The molecular weight excluding hydrogens is 2000 g/mol. The molecule has 0 bridgehead atoms. The fourth-order valence-corrected chi connectivity index (χ4v) is 14.6. The van der Waals surface area contributed by atoms with Crippen molar-refractivity contribution >= 4 is 180 Å². The van der Waals surface area contributed by atoms with Crippen LogP contribution in [0.5, 0.6) is 5.75 Å². The highest BCUT2D eigenvalue weighted by Crippen LogP contribution is 2.19. The summed E-state index contributed by atoms with van der Waals surface area (Å²) in [5.74, 6) is -31.5. The average molecular weight is 2150 g/mol. The van der Waals surface area contributed by atoms with E-state index in [-0.39, 0.29) is 63.1 Å². The Morgan fingerprint density at radius 1 is 0.304 bits per heavy atom. The second kappa shape index (κ2) is 67.3. The monoisotopic (exact) mass is 2150 g/mol. The lowest BCUT2D eigenvalue weighted by molar-refractivity contribution is -0.142. The summed E-state index contributed by atoms with van der Waals surface area (Å²) < 4.78 is 0. The molecule has 53 nitrogen and oxygen atoms in total. The van der Waals surface area contributed by atoms with Crippen molar-refractivity contribution in [2.45, 2.75) is 300 Å². The fourth-order valence-electron chi connectivity index (χ4n) is 13.9. The first-order chi connectivity index (χ1) is 69.5. The summed E-state index contributed by atoms with van der Waals surface area (Å²) in [6.45, 7) is 14.7. The number of hydrogen-bond acceptors (Lipinski definition) is 32. The van der Waals surface area contributed by atoms with E-state index < -0.39 is 344 Å². The van der Waals surface area contributed by atoms with Gasteiger partial charge in [0, 0.05) is 42.9 Å². The molecule has 0 fully saturated rings. The Morgan fingerprint density at radius 2 is 0.588 bits per heavy atom. The van der Waals surface area contributed by atoms with Crippen LogP contribution in [0.3, 0.4) is 0 Å². The van der Waals surface area contributed by atoms with Crippen LogP contribution in [0.25, 0.3) is 0 Å². The van der Waals surface area contributed by atoms with E-state index in [2.05, 4.69) is 139 Å². The molecule has 0 saturated carbocycles.